The van der Waals surface area contributed by atoms with Crippen LogP contribution in [-0.2, 0) is 20.7 Å². The Morgan fingerprint density at radius 1 is 1.12 bits per heavy atom. The zero-order chi connectivity index (χ0) is 17.9. The third kappa shape index (κ3) is 7.11. The summed E-state index contributed by atoms with van der Waals surface area (Å²) >= 11 is 0. The van der Waals surface area contributed by atoms with Crippen molar-refractivity contribution in [1.29, 1.82) is 0 Å². The number of amides is 2. The molecule has 1 saturated heterocycles. The number of nitrogens with one attached hydrogen (secondary N) is 2. The van der Waals surface area contributed by atoms with Gasteiger partial charge in [-0.15, -0.1) is 0 Å². The monoisotopic (exact) mass is 349 g/mol. The second-order valence-electron chi connectivity index (χ2n) is 5.86. The molecule has 1 fully saturated rings. The molecule has 7 nitrogen and oxygen atoms in total. The fourth-order valence-corrected chi connectivity index (χ4v) is 2.54. The molecule has 0 aromatic heterocycles. The lowest BCUT2D eigenvalue weighted by molar-refractivity contribution is -0.129. The Morgan fingerprint density at radius 3 is 2.52 bits per heavy atom. The van der Waals surface area contributed by atoms with Gasteiger partial charge >= 0.3 is 0 Å². The second-order valence-corrected chi connectivity index (χ2v) is 5.86. The van der Waals surface area contributed by atoms with E-state index in [0.29, 0.717) is 26.2 Å². The van der Waals surface area contributed by atoms with E-state index in [1.54, 1.807) is 0 Å². The van der Waals surface area contributed by atoms with Gasteiger partial charge in [0.05, 0.1) is 26.2 Å². The average molecular weight is 349 g/mol. The molecule has 0 spiro atoms. The molecule has 25 heavy (non-hydrogen) atoms. The molecular formula is C18H27N3O4. The number of morpholine rings is 1. The molecular weight excluding hydrogens is 322 g/mol. The Kier molecular flexibility index (Phi) is 8.21. The minimum absolute atomic E-state index is 0.182. The molecule has 0 saturated carbocycles. The molecule has 7 heteroatoms. The number of hydrazine groups is 1. The fourth-order valence-electron chi connectivity index (χ4n) is 2.54. The van der Waals surface area contributed by atoms with Crippen molar-refractivity contribution in [1.82, 2.24) is 15.8 Å². The van der Waals surface area contributed by atoms with Crippen LogP contribution in [0.3, 0.4) is 0 Å². The summed E-state index contributed by atoms with van der Waals surface area (Å²) in [7, 11) is 0. The van der Waals surface area contributed by atoms with E-state index in [1.807, 2.05) is 24.3 Å². The summed E-state index contributed by atoms with van der Waals surface area (Å²) < 4.78 is 10.9. The number of hydrogen-bond donors (Lipinski definition) is 2. The maximum atomic E-state index is 11.8. The standard InChI is InChI=1S/C18H27N3O4/c1-2-15-5-3-4-6-16(15)25-12-8-18(23)20-19-17(22)7-9-21-10-13-24-14-11-21/h3-6H,2,7-14H2,1H3,(H,19,22)(H,20,23). The van der Waals surface area contributed by atoms with Crippen LogP contribution in [0.4, 0.5) is 0 Å². The van der Waals surface area contributed by atoms with Crippen molar-refractivity contribution in [2.24, 2.45) is 0 Å². The number of rotatable bonds is 8. The minimum Gasteiger partial charge on any atom is -0.493 e. The van der Waals surface area contributed by atoms with Gasteiger partial charge in [0.15, 0.2) is 0 Å². The van der Waals surface area contributed by atoms with Crippen LogP contribution in [-0.4, -0.2) is 56.2 Å². The van der Waals surface area contributed by atoms with E-state index in [-0.39, 0.29) is 24.8 Å². The zero-order valence-electron chi connectivity index (χ0n) is 14.8. The summed E-state index contributed by atoms with van der Waals surface area (Å²) in [6, 6.07) is 7.77. The first-order valence-corrected chi connectivity index (χ1v) is 8.77. The largest absolute Gasteiger partial charge is 0.493 e. The zero-order valence-corrected chi connectivity index (χ0v) is 14.8. The summed E-state index contributed by atoms with van der Waals surface area (Å²) in [5, 5.41) is 0. The van der Waals surface area contributed by atoms with Crippen LogP contribution in [0, 0.1) is 0 Å². The summed E-state index contributed by atoms with van der Waals surface area (Å²) in [6.07, 6.45) is 1.41. The maximum absolute atomic E-state index is 11.8. The number of carbonyl (C=O) groups excluding carboxylic acids is 2. The molecule has 0 unspecified atom stereocenters. The van der Waals surface area contributed by atoms with E-state index in [4.69, 9.17) is 9.47 Å². The molecule has 2 N–H and O–H groups in total. The Balaban J connectivity index is 1.57. The normalized spacial score (nSPS) is 14.8. The Morgan fingerprint density at radius 2 is 1.80 bits per heavy atom. The van der Waals surface area contributed by atoms with Gasteiger partial charge in [0, 0.05) is 26.1 Å². The van der Waals surface area contributed by atoms with Crippen molar-refractivity contribution in [3.63, 3.8) is 0 Å². The first-order chi connectivity index (χ1) is 12.2. The number of ether oxygens (including phenoxy) is 2. The number of aryl methyl sites for hydroxylation is 1. The smallest absolute Gasteiger partial charge is 0.241 e. The van der Waals surface area contributed by atoms with Crippen molar-refractivity contribution in [2.75, 3.05) is 39.5 Å². The van der Waals surface area contributed by atoms with Gasteiger partial charge in [-0.2, -0.15) is 0 Å². The minimum atomic E-state index is -0.270. The molecule has 138 valence electrons. The van der Waals surface area contributed by atoms with Crippen molar-refractivity contribution in [3.8, 4) is 5.75 Å². The van der Waals surface area contributed by atoms with Crippen LogP contribution in [0.15, 0.2) is 24.3 Å². The van der Waals surface area contributed by atoms with E-state index >= 15 is 0 Å². The van der Waals surface area contributed by atoms with Gasteiger partial charge in [0.1, 0.15) is 5.75 Å². The van der Waals surface area contributed by atoms with Gasteiger partial charge in [0.2, 0.25) is 11.8 Å². The number of carbonyl (C=O) groups is 2. The van der Waals surface area contributed by atoms with Gasteiger partial charge < -0.3 is 9.47 Å². The number of hydrogen-bond acceptors (Lipinski definition) is 5. The van der Waals surface area contributed by atoms with E-state index in [9.17, 15) is 9.59 Å². The van der Waals surface area contributed by atoms with Crippen LogP contribution in [0.25, 0.3) is 0 Å². The quantitative estimate of drug-likeness (QED) is 0.682. The molecule has 1 aromatic carbocycles. The molecule has 1 heterocycles. The summed E-state index contributed by atoms with van der Waals surface area (Å²) in [6.45, 7) is 6.10. The predicted molar refractivity (Wildman–Crippen MR) is 94.1 cm³/mol. The van der Waals surface area contributed by atoms with Gasteiger partial charge in [-0.3, -0.25) is 25.3 Å². The lowest BCUT2D eigenvalue weighted by Crippen LogP contribution is -2.44. The van der Waals surface area contributed by atoms with E-state index in [0.717, 1.165) is 30.8 Å². The third-order valence-corrected chi connectivity index (χ3v) is 4.04. The van der Waals surface area contributed by atoms with Crippen molar-refractivity contribution >= 4 is 11.8 Å². The molecule has 0 atom stereocenters. The SMILES string of the molecule is CCc1ccccc1OCCC(=O)NNC(=O)CCN1CCOCC1. The van der Waals surface area contributed by atoms with Crippen LogP contribution < -0.4 is 15.6 Å². The Labute approximate surface area is 148 Å². The highest BCUT2D eigenvalue weighted by Gasteiger charge is 2.12. The van der Waals surface area contributed by atoms with Crippen LogP contribution >= 0.6 is 0 Å². The van der Waals surface area contributed by atoms with Gasteiger partial charge in [-0.05, 0) is 18.1 Å². The van der Waals surface area contributed by atoms with Gasteiger partial charge in [-0.1, -0.05) is 25.1 Å². The lowest BCUT2D eigenvalue weighted by Gasteiger charge is -2.26. The summed E-state index contributed by atoms with van der Waals surface area (Å²) in [4.78, 5) is 25.7. The Bertz CT molecular complexity index is 559. The average Bonchev–Trinajstić information content (AvgIpc) is 2.66. The summed E-state index contributed by atoms with van der Waals surface area (Å²) in [5.74, 6) is 0.332. The summed E-state index contributed by atoms with van der Waals surface area (Å²) in [5.41, 5.74) is 5.98. The van der Waals surface area contributed by atoms with E-state index in [2.05, 4.69) is 22.7 Å². The van der Waals surface area contributed by atoms with Crippen molar-refractivity contribution in [3.05, 3.63) is 29.8 Å². The number of para-hydroxylation sites is 1. The number of benzene rings is 1. The maximum Gasteiger partial charge on any atom is 0.241 e. The molecule has 1 aliphatic heterocycles. The van der Waals surface area contributed by atoms with Crippen molar-refractivity contribution in [2.45, 2.75) is 26.2 Å². The predicted octanol–water partition coefficient (Wildman–Crippen LogP) is 0.888. The van der Waals surface area contributed by atoms with Gasteiger partial charge in [0.25, 0.3) is 0 Å². The molecule has 0 aliphatic carbocycles. The lowest BCUT2D eigenvalue weighted by atomic mass is 10.1. The van der Waals surface area contributed by atoms with Crippen LogP contribution in [0.1, 0.15) is 25.3 Å². The molecule has 2 amide bonds. The Hall–Kier alpha value is -2.12. The van der Waals surface area contributed by atoms with E-state index < -0.39 is 0 Å². The topological polar surface area (TPSA) is 79.9 Å². The van der Waals surface area contributed by atoms with E-state index in [1.165, 1.54) is 0 Å². The molecule has 1 aromatic rings. The highest BCUT2D eigenvalue weighted by Crippen LogP contribution is 2.18. The third-order valence-electron chi connectivity index (χ3n) is 4.04. The first-order valence-electron chi connectivity index (χ1n) is 8.77. The van der Waals surface area contributed by atoms with Crippen molar-refractivity contribution < 1.29 is 19.1 Å². The second kappa shape index (κ2) is 10.7. The molecule has 0 bridgehead atoms. The highest BCUT2D eigenvalue weighted by molar-refractivity contribution is 5.82. The fraction of sp³-hybridized carbons (Fsp3) is 0.556. The van der Waals surface area contributed by atoms with Crippen LogP contribution in [0.5, 0.6) is 5.75 Å². The first kappa shape index (κ1) is 19.2. The molecule has 1 aliphatic rings. The molecule has 2 rings (SSSR count). The van der Waals surface area contributed by atoms with Crippen LogP contribution in [0.2, 0.25) is 0 Å². The highest BCUT2D eigenvalue weighted by atomic mass is 16.5. The van der Waals surface area contributed by atoms with Gasteiger partial charge in [-0.25, -0.2) is 0 Å². The number of nitrogens with zero attached hydrogens (tertiary/aromatic N) is 1. The molecule has 0 radical (unpaired) electrons.